The van der Waals surface area contributed by atoms with Gasteiger partial charge in [0.05, 0.1) is 0 Å². The summed E-state index contributed by atoms with van der Waals surface area (Å²) in [6, 6.07) is 14.6. The molecule has 1 amide bonds. The lowest BCUT2D eigenvalue weighted by Crippen LogP contribution is -2.41. The van der Waals surface area contributed by atoms with Crippen molar-refractivity contribution < 1.29 is 13.9 Å². The number of carbonyl (C=O) groups excluding carboxylic acids is 1. The fourth-order valence-electron chi connectivity index (χ4n) is 6.14. The minimum Gasteiger partial charge on any atom is -0.372 e. The number of rotatable bonds is 8. The van der Waals surface area contributed by atoms with Crippen molar-refractivity contribution in [2.45, 2.75) is 76.0 Å². The van der Waals surface area contributed by atoms with Crippen molar-refractivity contribution in [3.63, 3.8) is 0 Å². The van der Waals surface area contributed by atoms with Gasteiger partial charge in [0.25, 0.3) is 0 Å². The molecule has 0 aliphatic heterocycles. The first-order valence-corrected chi connectivity index (χ1v) is 13.4. The van der Waals surface area contributed by atoms with Crippen LogP contribution in [0.3, 0.4) is 0 Å². The Hall–Kier alpha value is -2.99. The number of hydrogen-bond acceptors (Lipinski definition) is 3. The Labute approximate surface area is 213 Å². The maximum atomic E-state index is 14.7. The van der Waals surface area contributed by atoms with Gasteiger partial charge in [0, 0.05) is 31.1 Å². The molecule has 0 bridgehead atoms. The molecule has 36 heavy (non-hydrogen) atoms. The quantitative estimate of drug-likeness (QED) is 0.388. The van der Waals surface area contributed by atoms with Crippen LogP contribution in [0.1, 0.15) is 81.1 Å². The third-order valence-corrected chi connectivity index (χ3v) is 7.91. The van der Waals surface area contributed by atoms with Crippen molar-refractivity contribution in [1.82, 2.24) is 14.9 Å². The zero-order chi connectivity index (χ0) is 24.9. The van der Waals surface area contributed by atoms with Crippen LogP contribution in [0.4, 0.5) is 4.39 Å². The van der Waals surface area contributed by atoms with Gasteiger partial charge in [0.15, 0.2) is 0 Å². The largest absolute Gasteiger partial charge is 0.372 e. The van der Waals surface area contributed by atoms with Gasteiger partial charge in [-0.1, -0.05) is 68.5 Å². The molecule has 2 aromatic carbocycles. The molecule has 5 nitrogen and oxygen atoms in total. The number of carbonyl (C=O) groups is 1. The molecule has 6 heteroatoms. The highest BCUT2D eigenvalue weighted by molar-refractivity contribution is 5.82. The number of aromatic nitrogens is 2. The van der Waals surface area contributed by atoms with Crippen LogP contribution in [0, 0.1) is 11.7 Å². The highest BCUT2D eigenvalue weighted by Gasteiger charge is 2.34. The average molecular weight is 490 g/mol. The highest BCUT2D eigenvalue weighted by atomic mass is 19.1. The summed E-state index contributed by atoms with van der Waals surface area (Å²) in [7, 11) is 1.66. The van der Waals surface area contributed by atoms with Gasteiger partial charge in [0.1, 0.15) is 23.8 Å². The molecule has 2 unspecified atom stereocenters. The number of ether oxygens (including phenoxy) is 1. The molecule has 2 saturated carbocycles. The summed E-state index contributed by atoms with van der Waals surface area (Å²) in [4.78, 5) is 18.5. The molecule has 0 radical (unpaired) electrons. The fourth-order valence-corrected chi connectivity index (χ4v) is 6.14. The van der Waals surface area contributed by atoms with E-state index in [-0.39, 0.29) is 35.8 Å². The van der Waals surface area contributed by atoms with Crippen molar-refractivity contribution in [3.05, 3.63) is 77.9 Å². The summed E-state index contributed by atoms with van der Waals surface area (Å²) in [6.07, 6.45) is 13.2. The summed E-state index contributed by atoms with van der Waals surface area (Å²) in [5.41, 5.74) is 2.47. The number of hydrogen-bond donors (Lipinski definition) is 1. The second kappa shape index (κ2) is 11.4. The van der Waals surface area contributed by atoms with Gasteiger partial charge in [-0.05, 0) is 54.9 Å². The molecule has 2 aliphatic rings. The van der Waals surface area contributed by atoms with Crippen LogP contribution < -0.4 is 5.32 Å². The number of amides is 1. The molecule has 2 atom stereocenters. The van der Waals surface area contributed by atoms with Crippen LogP contribution in [0.15, 0.2) is 60.9 Å². The first-order chi connectivity index (χ1) is 17.7. The van der Waals surface area contributed by atoms with Crippen molar-refractivity contribution >= 4 is 5.91 Å². The Morgan fingerprint density at radius 3 is 2.47 bits per heavy atom. The van der Waals surface area contributed by atoms with Gasteiger partial charge in [-0.2, -0.15) is 0 Å². The minimum absolute atomic E-state index is 0.0670. The van der Waals surface area contributed by atoms with E-state index >= 15 is 0 Å². The second-order valence-electron chi connectivity index (χ2n) is 10.2. The molecule has 3 aromatic rings. The van der Waals surface area contributed by atoms with E-state index in [2.05, 4.69) is 10.3 Å². The molecule has 5 rings (SSSR count). The molecule has 0 spiro atoms. The van der Waals surface area contributed by atoms with E-state index in [4.69, 9.17) is 4.74 Å². The lowest BCUT2D eigenvalue weighted by molar-refractivity contribution is -0.127. The predicted octanol–water partition coefficient (Wildman–Crippen LogP) is 6.61. The van der Waals surface area contributed by atoms with E-state index in [0.29, 0.717) is 11.4 Å². The van der Waals surface area contributed by atoms with E-state index < -0.39 is 0 Å². The first-order valence-electron chi connectivity index (χ1n) is 13.4. The Kier molecular flexibility index (Phi) is 7.81. The van der Waals surface area contributed by atoms with Gasteiger partial charge in [-0.25, -0.2) is 9.37 Å². The van der Waals surface area contributed by atoms with E-state index in [1.807, 2.05) is 41.1 Å². The van der Waals surface area contributed by atoms with Gasteiger partial charge in [-0.15, -0.1) is 0 Å². The van der Waals surface area contributed by atoms with E-state index in [0.717, 1.165) is 49.7 Å². The number of nitrogens with zero attached hydrogens (tertiary/aromatic N) is 2. The predicted molar refractivity (Wildman–Crippen MR) is 139 cm³/mol. The summed E-state index contributed by atoms with van der Waals surface area (Å²) in [5, 5.41) is 3.34. The fraction of sp³-hybridized carbons (Fsp3) is 0.467. The zero-order valence-electron chi connectivity index (χ0n) is 21.0. The molecular formula is C30H36FN3O2. The molecule has 190 valence electrons. The Morgan fingerprint density at radius 1 is 1.03 bits per heavy atom. The Balaban J connectivity index is 1.56. The average Bonchev–Trinajstić information content (AvgIpc) is 3.59. The maximum Gasteiger partial charge on any atom is 0.243 e. The second-order valence-corrected chi connectivity index (χ2v) is 10.2. The smallest absolute Gasteiger partial charge is 0.243 e. The van der Waals surface area contributed by atoms with Crippen LogP contribution in [-0.4, -0.2) is 28.6 Å². The number of halogens is 1. The maximum absolute atomic E-state index is 14.7. The summed E-state index contributed by atoms with van der Waals surface area (Å²) < 4.78 is 22.6. The minimum atomic E-state index is -0.382. The monoisotopic (exact) mass is 489 g/mol. The van der Waals surface area contributed by atoms with E-state index in [9.17, 15) is 9.18 Å². The van der Waals surface area contributed by atoms with Crippen molar-refractivity contribution in [2.24, 2.45) is 5.92 Å². The van der Waals surface area contributed by atoms with Crippen LogP contribution in [0.2, 0.25) is 0 Å². The topological polar surface area (TPSA) is 56.2 Å². The van der Waals surface area contributed by atoms with Crippen molar-refractivity contribution in [1.29, 1.82) is 0 Å². The molecule has 1 N–H and O–H groups in total. The molecule has 1 aromatic heterocycles. The Bertz CT molecular complexity index is 1150. The lowest BCUT2D eigenvalue weighted by atomic mass is 9.83. The zero-order valence-corrected chi connectivity index (χ0v) is 21.0. The van der Waals surface area contributed by atoms with Crippen LogP contribution in [-0.2, 0) is 9.53 Å². The standard InChI is InChI=1S/C30H36FN3O2/c1-36-28(22-12-6-3-7-13-22)25-17-16-23(31)20-26(25)29-32-18-19-34(29)27(21-10-4-2-5-11-21)30(35)33-24-14-8-9-15-24/h3,6-7,12-13,16-21,24,27-28H,2,4-5,8-11,14-15H2,1H3,(H,33,35). The molecular weight excluding hydrogens is 453 g/mol. The molecule has 0 saturated heterocycles. The SMILES string of the molecule is COC(c1ccccc1)c1ccc(F)cc1-c1nccn1C(C(=O)NC1CCCC1)C1CCCCC1. The Morgan fingerprint density at radius 2 is 1.75 bits per heavy atom. The van der Waals surface area contributed by atoms with Crippen molar-refractivity contribution in [3.8, 4) is 11.4 Å². The van der Waals surface area contributed by atoms with Gasteiger partial charge in [0.2, 0.25) is 5.91 Å². The van der Waals surface area contributed by atoms with Gasteiger partial charge in [-0.3, -0.25) is 4.79 Å². The lowest BCUT2D eigenvalue weighted by Gasteiger charge is -2.32. The highest BCUT2D eigenvalue weighted by Crippen LogP contribution is 2.39. The molecule has 1 heterocycles. The summed E-state index contributed by atoms with van der Waals surface area (Å²) in [6.45, 7) is 0. The van der Waals surface area contributed by atoms with E-state index in [1.54, 1.807) is 19.4 Å². The van der Waals surface area contributed by atoms with Crippen LogP contribution >= 0.6 is 0 Å². The number of benzene rings is 2. The van der Waals surface area contributed by atoms with Gasteiger partial charge >= 0.3 is 0 Å². The number of imidazole rings is 1. The van der Waals surface area contributed by atoms with E-state index in [1.165, 1.54) is 31.4 Å². The van der Waals surface area contributed by atoms with Crippen LogP contribution in [0.5, 0.6) is 0 Å². The van der Waals surface area contributed by atoms with Crippen LogP contribution in [0.25, 0.3) is 11.4 Å². The summed E-state index contributed by atoms with van der Waals surface area (Å²) >= 11 is 0. The van der Waals surface area contributed by atoms with Gasteiger partial charge < -0.3 is 14.6 Å². The third-order valence-electron chi connectivity index (χ3n) is 7.91. The summed E-state index contributed by atoms with van der Waals surface area (Å²) in [5.74, 6) is 0.574. The molecule has 2 fully saturated rings. The molecule has 2 aliphatic carbocycles. The third kappa shape index (κ3) is 5.24. The normalized spacial score (nSPS) is 18.7. The van der Waals surface area contributed by atoms with Crippen molar-refractivity contribution in [2.75, 3.05) is 7.11 Å². The first kappa shape index (κ1) is 24.7. The number of nitrogens with one attached hydrogen (secondary N) is 1. The number of methoxy groups -OCH3 is 1.